The summed E-state index contributed by atoms with van der Waals surface area (Å²) in [5, 5.41) is 6.32. The first-order valence-corrected chi connectivity index (χ1v) is 10.1. The summed E-state index contributed by atoms with van der Waals surface area (Å²) >= 11 is 0. The van der Waals surface area contributed by atoms with Gasteiger partial charge in [-0.1, -0.05) is 74.5 Å². The lowest BCUT2D eigenvalue weighted by Gasteiger charge is -2.21. The maximum absolute atomic E-state index is 12.3. The first-order valence-electron chi connectivity index (χ1n) is 10.1. The number of benzene rings is 2. The van der Waals surface area contributed by atoms with Crippen LogP contribution in [0.15, 0.2) is 77.1 Å². The molecule has 1 heterocycles. The molecule has 1 unspecified atom stereocenters. The van der Waals surface area contributed by atoms with E-state index in [0.717, 1.165) is 42.5 Å². The molecule has 0 aliphatic carbocycles. The van der Waals surface area contributed by atoms with Crippen molar-refractivity contribution in [1.82, 2.24) is 5.01 Å². The third-order valence-corrected chi connectivity index (χ3v) is 5.18. The van der Waals surface area contributed by atoms with Crippen LogP contribution in [0.2, 0.25) is 0 Å². The minimum absolute atomic E-state index is 0.0153. The molecule has 0 bridgehead atoms. The molecule has 3 rings (SSSR count). The van der Waals surface area contributed by atoms with Gasteiger partial charge in [0.2, 0.25) is 5.91 Å². The standard InChI is InChI=1S/C25H28N2O/c1-4-20(5-2)16-23(21-12-8-6-9-13-21)17-24-18-25(26-27(24)19(3)28)22-14-10-7-11-15-22/h6-15,24H,4-5,17-18H2,1-3H3. The highest BCUT2D eigenvalue weighted by Gasteiger charge is 2.30. The maximum Gasteiger partial charge on any atom is 0.239 e. The van der Waals surface area contributed by atoms with Gasteiger partial charge in [-0.2, -0.15) is 5.10 Å². The Labute approximate surface area is 168 Å². The molecule has 2 aromatic carbocycles. The molecule has 1 amide bonds. The molecule has 3 heteroatoms. The summed E-state index contributed by atoms with van der Waals surface area (Å²) in [6, 6.07) is 20.5. The quantitative estimate of drug-likeness (QED) is 0.587. The molecule has 2 aromatic rings. The molecule has 28 heavy (non-hydrogen) atoms. The zero-order valence-electron chi connectivity index (χ0n) is 17.0. The van der Waals surface area contributed by atoms with E-state index in [1.54, 1.807) is 11.9 Å². The summed E-state index contributed by atoms with van der Waals surface area (Å²) in [7, 11) is 0. The van der Waals surface area contributed by atoms with Crippen LogP contribution in [-0.4, -0.2) is 22.7 Å². The highest BCUT2D eigenvalue weighted by molar-refractivity contribution is 6.03. The van der Waals surface area contributed by atoms with Gasteiger partial charge in [-0.25, -0.2) is 5.01 Å². The van der Waals surface area contributed by atoms with Crippen LogP contribution in [0.5, 0.6) is 0 Å². The molecular weight excluding hydrogens is 344 g/mol. The molecule has 0 spiro atoms. The summed E-state index contributed by atoms with van der Waals surface area (Å²) < 4.78 is 0. The summed E-state index contributed by atoms with van der Waals surface area (Å²) in [6.45, 7) is 5.93. The Bertz CT molecular complexity index is 900. The molecule has 1 atom stereocenters. The van der Waals surface area contributed by atoms with E-state index in [-0.39, 0.29) is 11.9 Å². The fraction of sp³-hybridized carbons (Fsp3) is 0.320. The van der Waals surface area contributed by atoms with Crippen LogP contribution in [0, 0.1) is 0 Å². The molecule has 144 valence electrons. The van der Waals surface area contributed by atoms with E-state index in [1.807, 2.05) is 24.3 Å². The SMILES string of the molecule is CCC(=C=C(CC1CC(c2ccccc2)=NN1C(C)=O)c1ccccc1)CC. The van der Waals surface area contributed by atoms with Crippen LogP contribution in [0.3, 0.4) is 0 Å². The number of nitrogens with zero attached hydrogens (tertiary/aromatic N) is 2. The minimum Gasteiger partial charge on any atom is -0.273 e. The Kier molecular flexibility index (Phi) is 6.62. The first-order chi connectivity index (χ1) is 13.6. The van der Waals surface area contributed by atoms with Crippen molar-refractivity contribution in [2.45, 2.75) is 52.5 Å². The van der Waals surface area contributed by atoms with E-state index >= 15 is 0 Å². The number of hydrazone groups is 1. The zero-order chi connectivity index (χ0) is 19.9. The third-order valence-electron chi connectivity index (χ3n) is 5.18. The topological polar surface area (TPSA) is 32.7 Å². The van der Waals surface area contributed by atoms with Gasteiger partial charge in [-0.05, 0) is 29.5 Å². The van der Waals surface area contributed by atoms with Gasteiger partial charge in [0.1, 0.15) is 0 Å². The van der Waals surface area contributed by atoms with E-state index in [9.17, 15) is 4.79 Å². The molecule has 0 fully saturated rings. The van der Waals surface area contributed by atoms with Gasteiger partial charge in [0.05, 0.1) is 11.8 Å². The van der Waals surface area contributed by atoms with E-state index in [1.165, 1.54) is 11.1 Å². The monoisotopic (exact) mass is 372 g/mol. The Morgan fingerprint density at radius 1 is 1.04 bits per heavy atom. The van der Waals surface area contributed by atoms with Crippen LogP contribution in [0.4, 0.5) is 0 Å². The summed E-state index contributed by atoms with van der Waals surface area (Å²) in [5.41, 5.74) is 9.33. The Balaban J connectivity index is 1.94. The van der Waals surface area contributed by atoms with Crippen LogP contribution in [-0.2, 0) is 4.79 Å². The van der Waals surface area contributed by atoms with Crippen molar-refractivity contribution in [3.05, 3.63) is 83.1 Å². The van der Waals surface area contributed by atoms with Crippen molar-refractivity contribution in [2.75, 3.05) is 0 Å². The molecule has 0 aromatic heterocycles. The van der Waals surface area contributed by atoms with Gasteiger partial charge in [-0.15, -0.1) is 5.73 Å². The van der Waals surface area contributed by atoms with Crippen molar-refractivity contribution < 1.29 is 4.79 Å². The van der Waals surface area contributed by atoms with Gasteiger partial charge in [-0.3, -0.25) is 4.79 Å². The number of amides is 1. The number of rotatable bonds is 6. The first kappa shape index (κ1) is 19.9. The second kappa shape index (κ2) is 9.34. The van der Waals surface area contributed by atoms with Gasteiger partial charge in [0, 0.05) is 25.3 Å². The van der Waals surface area contributed by atoms with Gasteiger partial charge < -0.3 is 0 Å². The third kappa shape index (κ3) is 4.68. The minimum atomic E-state index is -0.0153. The van der Waals surface area contributed by atoms with Crippen molar-refractivity contribution in [2.24, 2.45) is 5.10 Å². The van der Waals surface area contributed by atoms with E-state index in [0.29, 0.717) is 0 Å². The van der Waals surface area contributed by atoms with Crippen molar-refractivity contribution in [1.29, 1.82) is 0 Å². The Morgan fingerprint density at radius 3 is 2.21 bits per heavy atom. The van der Waals surface area contributed by atoms with E-state index in [2.05, 4.69) is 61.1 Å². The summed E-state index contributed by atoms with van der Waals surface area (Å²) in [5.74, 6) is -0.0153. The van der Waals surface area contributed by atoms with Crippen molar-refractivity contribution >= 4 is 17.2 Å². The zero-order valence-corrected chi connectivity index (χ0v) is 17.0. The summed E-state index contributed by atoms with van der Waals surface area (Å²) in [6.07, 6.45) is 3.47. The van der Waals surface area contributed by atoms with Gasteiger partial charge in [0.15, 0.2) is 0 Å². The number of carbonyl (C=O) groups excluding carboxylic acids is 1. The Morgan fingerprint density at radius 2 is 1.64 bits per heavy atom. The van der Waals surface area contributed by atoms with Gasteiger partial charge >= 0.3 is 0 Å². The molecule has 1 aliphatic heterocycles. The van der Waals surface area contributed by atoms with Crippen molar-refractivity contribution in [3.8, 4) is 0 Å². The molecule has 0 saturated carbocycles. The number of hydrogen-bond acceptors (Lipinski definition) is 2. The average molecular weight is 373 g/mol. The predicted molar refractivity (Wildman–Crippen MR) is 116 cm³/mol. The average Bonchev–Trinajstić information content (AvgIpc) is 3.16. The lowest BCUT2D eigenvalue weighted by Crippen LogP contribution is -2.31. The molecule has 0 N–H and O–H groups in total. The smallest absolute Gasteiger partial charge is 0.239 e. The number of carbonyl (C=O) groups is 1. The fourth-order valence-electron chi connectivity index (χ4n) is 3.61. The maximum atomic E-state index is 12.3. The highest BCUT2D eigenvalue weighted by Crippen LogP contribution is 2.29. The second-order valence-electron chi connectivity index (χ2n) is 7.12. The molecule has 0 radical (unpaired) electrons. The van der Waals surface area contributed by atoms with E-state index < -0.39 is 0 Å². The highest BCUT2D eigenvalue weighted by atomic mass is 16.2. The number of hydrogen-bond donors (Lipinski definition) is 0. The lowest BCUT2D eigenvalue weighted by molar-refractivity contribution is -0.130. The largest absolute Gasteiger partial charge is 0.273 e. The van der Waals surface area contributed by atoms with Crippen molar-refractivity contribution in [3.63, 3.8) is 0 Å². The van der Waals surface area contributed by atoms with Crippen LogP contribution in [0.1, 0.15) is 57.6 Å². The lowest BCUT2D eigenvalue weighted by atomic mass is 9.94. The fourth-order valence-corrected chi connectivity index (χ4v) is 3.61. The summed E-state index contributed by atoms with van der Waals surface area (Å²) in [4.78, 5) is 12.3. The molecule has 1 aliphatic rings. The normalized spacial score (nSPS) is 15.8. The molecular formula is C25H28N2O. The molecule has 0 saturated heterocycles. The van der Waals surface area contributed by atoms with Crippen LogP contribution >= 0.6 is 0 Å². The van der Waals surface area contributed by atoms with Gasteiger partial charge in [0.25, 0.3) is 0 Å². The molecule has 3 nitrogen and oxygen atoms in total. The van der Waals surface area contributed by atoms with Crippen LogP contribution in [0.25, 0.3) is 5.57 Å². The predicted octanol–water partition coefficient (Wildman–Crippen LogP) is 5.83. The second-order valence-corrected chi connectivity index (χ2v) is 7.12. The van der Waals surface area contributed by atoms with Crippen LogP contribution < -0.4 is 0 Å². The Hall–Kier alpha value is -2.90. The van der Waals surface area contributed by atoms with E-state index in [4.69, 9.17) is 0 Å².